The minimum absolute atomic E-state index is 0.0135. The average molecular weight is 394 g/mol. The number of piperazine rings is 1. The Morgan fingerprint density at radius 2 is 1.71 bits per heavy atom. The van der Waals surface area contributed by atoms with Crippen molar-refractivity contribution in [3.63, 3.8) is 0 Å². The first-order valence-electron chi connectivity index (χ1n) is 9.03. The fourth-order valence-corrected chi connectivity index (χ4v) is 3.86. The first kappa shape index (κ1) is 18.3. The van der Waals surface area contributed by atoms with E-state index in [0.29, 0.717) is 37.7 Å². The number of nitrogens with zero attached hydrogens (tertiary/aromatic N) is 4. The lowest BCUT2D eigenvalue weighted by Gasteiger charge is -2.35. The second-order valence-corrected chi connectivity index (χ2v) is 7.36. The highest BCUT2D eigenvalue weighted by Gasteiger charge is 2.25. The maximum atomic E-state index is 13.3. The molecular weight excluding hydrogens is 375 g/mol. The molecule has 3 aromatic rings. The van der Waals surface area contributed by atoms with Gasteiger partial charge >= 0.3 is 0 Å². The highest BCUT2D eigenvalue weighted by molar-refractivity contribution is 7.11. The number of hydrogen-bond donors (Lipinski definition) is 0. The van der Waals surface area contributed by atoms with Gasteiger partial charge in [-0.3, -0.25) is 4.79 Å². The Labute approximate surface area is 166 Å². The van der Waals surface area contributed by atoms with Gasteiger partial charge in [-0.1, -0.05) is 18.2 Å². The van der Waals surface area contributed by atoms with Crippen molar-refractivity contribution >= 4 is 34.8 Å². The molecule has 0 bridgehead atoms. The third kappa shape index (κ3) is 4.09. The summed E-state index contributed by atoms with van der Waals surface area (Å²) in [5.41, 5.74) is 1.43. The van der Waals surface area contributed by atoms with Crippen molar-refractivity contribution < 1.29 is 9.18 Å². The predicted octanol–water partition coefficient (Wildman–Crippen LogP) is 3.57. The van der Waals surface area contributed by atoms with Crippen molar-refractivity contribution in [2.45, 2.75) is 0 Å². The van der Waals surface area contributed by atoms with Crippen LogP contribution in [0.4, 0.5) is 10.3 Å². The molecule has 3 heterocycles. The van der Waals surface area contributed by atoms with E-state index >= 15 is 0 Å². The lowest BCUT2D eigenvalue weighted by molar-refractivity contribution is -0.125. The van der Waals surface area contributed by atoms with Gasteiger partial charge in [-0.05, 0) is 41.3 Å². The summed E-state index contributed by atoms with van der Waals surface area (Å²) in [6, 6.07) is 11.8. The highest BCUT2D eigenvalue weighted by atomic mass is 32.1. The van der Waals surface area contributed by atoms with Crippen LogP contribution >= 0.6 is 11.3 Å². The largest absolute Gasteiger partial charge is 0.337 e. The maximum absolute atomic E-state index is 13.3. The topological polar surface area (TPSA) is 49.3 Å². The second kappa shape index (κ2) is 8.31. The molecule has 2 aromatic heterocycles. The molecule has 5 nitrogen and oxygen atoms in total. The lowest BCUT2D eigenvalue weighted by Crippen LogP contribution is -2.49. The smallest absolute Gasteiger partial charge is 0.255 e. The molecule has 0 aliphatic carbocycles. The van der Waals surface area contributed by atoms with Gasteiger partial charge in [0.25, 0.3) is 5.91 Å². The fraction of sp³-hybridized carbons (Fsp3) is 0.190. The molecule has 0 saturated carbocycles. The third-order valence-electron chi connectivity index (χ3n) is 4.60. The van der Waals surface area contributed by atoms with Crippen molar-refractivity contribution in [3.8, 4) is 0 Å². The number of rotatable bonds is 4. The third-order valence-corrected chi connectivity index (χ3v) is 5.50. The molecule has 1 saturated heterocycles. The summed E-state index contributed by atoms with van der Waals surface area (Å²) in [4.78, 5) is 26.7. The number of thiophene rings is 1. The number of hydrogen-bond acceptors (Lipinski definition) is 5. The van der Waals surface area contributed by atoms with E-state index < -0.39 is 0 Å². The van der Waals surface area contributed by atoms with Crippen LogP contribution in [0.15, 0.2) is 60.2 Å². The molecular formula is C21H19FN4OS. The Balaban J connectivity index is 1.53. The number of aromatic nitrogens is 2. The number of halogens is 1. The zero-order chi connectivity index (χ0) is 19.3. The van der Waals surface area contributed by atoms with Gasteiger partial charge in [0, 0.05) is 43.4 Å². The fourth-order valence-electron chi connectivity index (χ4n) is 3.13. The molecule has 1 amide bonds. The van der Waals surface area contributed by atoms with Gasteiger partial charge < -0.3 is 9.80 Å². The maximum Gasteiger partial charge on any atom is 0.255 e. The molecule has 0 spiro atoms. The number of anilines is 1. The summed E-state index contributed by atoms with van der Waals surface area (Å²) < 4.78 is 13.2. The predicted molar refractivity (Wildman–Crippen MR) is 109 cm³/mol. The van der Waals surface area contributed by atoms with Crippen molar-refractivity contribution in [3.05, 3.63) is 76.5 Å². The Morgan fingerprint density at radius 3 is 2.36 bits per heavy atom. The minimum atomic E-state index is -0.291. The standard InChI is InChI=1S/C21H19FN4OS/c22-17-6-4-16(5-7-17)15-18(19-3-1-14-28-19)20(27)25-10-12-26(13-11-25)21-23-8-2-9-24-21/h1-9,14-15H,10-13H2. The molecule has 1 fully saturated rings. The molecule has 28 heavy (non-hydrogen) atoms. The molecule has 0 atom stereocenters. The van der Waals surface area contributed by atoms with Crippen LogP contribution in [-0.4, -0.2) is 47.0 Å². The molecule has 1 aliphatic heterocycles. The molecule has 0 unspecified atom stereocenters. The van der Waals surface area contributed by atoms with E-state index in [1.807, 2.05) is 28.5 Å². The van der Waals surface area contributed by atoms with Gasteiger partial charge in [-0.15, -0.1) is 11.3 Å². The molecule has 4 rings (SSSR count). The van der Waals surface area contributed by atoms with E-state index in [4.69, 9.17) is 0 Å². The molecule has 0 N–H and O–H groups in total. The van der Waals surface area contributed by atoms with E-state index in [0.717, 1.165) is 10.4 Å². The van der Waals surface area contributed by atoms with Crippen molar-refractivity contribution in [1.82, 2.24) is 14.9 Å². The van der Waals surface area contributed by atoms with Crippen LogP contribution in [0.2, 0.25) is 0 Å². The van der Waals surface area contributed by atoms with Crippen LogP contribution < -0.4 is 4.90 Å². The van der Waals surface area contributed by atoms with Gasteiger partial charge in [-0.2, -0.15) is 0 Å². The molecule has 0 radical (unpaired) electrons. The average Bonchev–Trinajstić information content (AvgIpc) is 3.28. The summed E-state index contributed by atoms with van der Waals surface area (Å²) in [6.07, 6.45) is 5.28. The second-order valence-electron chi connectivity index (χ2n) is 6.41. The first-order chi connectivity index (χ1) is 13.7. The first-order valence-corrected chi connectivity index (χ1v) is 9.91. The van der Waals surface area contributed by atoms with E-state index in [1.54, 1.807) is 30.6 Å². The van der Waals surface area contributed by atoms with Crippen LogP contribution in [-0.2, 0) is 4.79 Å². The van der Waals surface area contributed by atoms with Crippen LogP contribution in [0, 0.1) is 5.82 Å². The Bertz CT molecular complexity index is 950. The van der Waals surface area contributed by atoms with Gasteiger partial charge in [0.1, 0.15) is 5.82 Å². The highest BCUT2D eigenvalue weighted by Crippen LogP contribution is 2.26. The summed E-state index contributed by atoms with van der Waals surface area (Å²) in [6.45, 7) is 2.57. The van der Waals surface area contributed by atoms with Gasteiger partial charge in [0.15, 0.2) is 0 Å². The van der Waals surface area contributed by atoms with E-state index in [2.05, 4.69) is 14.9 Å². The van der Waals surface area contributed by atoms with Gasteiger partial charge in [0.05, 0.1) is 5.57 Å². The lowest BCUT2D eigenvalue weighted by atomic mass is 10.1. The normalized spacial score (nSPS) is 15.0. The zero-order valence-corrected chi connectivity index (χ0v) is 16.0. The van der Waals surface area contributed by atoms with Gasteiger partial charge in [-0.25, -0.2) is 14.4 Å². The summed E-state index contributed by atoms with van der Waals surface area (Å²) in [7, 11) is 0. The van der Waals surface area contributed by atoms with Crippen LogP contribution in [0.1, 0.15) is 10.4 Å². The number of benzene rings is 1. The summed E-state index contributed by atoms with van der Waals surface area (Å²) >= 11 is 1.52. The van der Waals surface area contributed by atoms with Crippen LogP contribution in [0.25, 0.3) is 11.6 Å². The number of carbonyl (C=O) groups is 1. The Morgan fingerprint density at radius 1 is 1.00 bits per heavy atom. The summed E-state index contributed by atoms with van der Waals surface area (Å²) in [5.74, 6) is 0.385. The van der Waals surface area contributed by atoms with Crippen molar-refractivity contribution in [1.29, 1.82) is 0 Å². The SMILES string of the molecule is O=C(C(=Cc1ccc(F)cc1)c1cccs1)N1CCN(c2ncccn2)CC1. The number of amides is 1. The van der Waals surface area contributed by atoms with E-state index in [-0.39, 0.29) is 11.7 Å². The Kier molecular flexibility index (Phi) is 5.43. The van der Waals surface area contributed by atoms with Gasteiger partial charge in [0.2, 0.25) is 5.95 Å². The van der Waals surface area contributed by atoms with Crippen molar-refractivity contribution in [2.75, 3.05) is 31.1 Å². The van der Waals surface area contributed by atoms with E-state index in [9.17, 15) is 9.18 Å². The molecule has 1 aliphatic rings. The number of carbonyl (C=O) groups excluding carboxylic acids is 1. The molecule has 1 aromatic carbocycles. The van der Waals surface area contributed by atoms with Crippen LogP contribution in [0.3, 0.4) is 0 Å². The molecule has 7 heteroatoms. The minimum Gasteiger partial charge on any atom is -0.337 e. The van der Waals surface area contributed by atoms with E-state index in [1.165, 1.54) is 23.5 Å². The Hall–Kier alpha value is -3.06. The zero-order valence-electron chi connectivity index (χ0n) is 15.2. The quantitative estimate of drug-likeness (QED) is 0.635. The summed E-state index contributed by atoms with van der Waals surface area (Å²) in [5, 5.41) is 1.95. The monoisotopic (exact) mass is 394 g/mol. The van der Waals surface area contributed by atoms with Crippen molar-refractivity contribution in [2.24, 2.45) is 0 Å². The molecule has 142 valence electrons. The van der Waals surface area contributed by atoms with Crippen LogP contribution in [0.5, 0.6) is 0 Å².